The minimum Gasteiger partial charge on any atom is -0.436 e. The lowest BCUT2D eigenvalue weighted by Gasteiger charge is -2.21. The summed E-state index contributed by atoms with van der Waals surface area (Å²) in [5.74, 6) is -0.168. The zero-order valence-electron chi connectivity index (χ0n) is 19.8. The Morgan fingerprint density at radius 2 is 1.28 bits per heavy atom. The second-order valence-electron chi connectivity index (χ2n) is 8.53. The van der Waals surface area contributed by atoms with E-state index in [1.807, 2.05) is 6.92 Å². The Morgan fingerprint density at radius 1 is 0.759 bits per heavy atom. The maximum absolute atomic E-state index is 11.9. The lowest BCUT2D eigenvalue weighted by Crippen LogP contribution is -2.26. The van der Waals surface area contributed by atoms with Crippen LogP contribution in [-0.4, -0.2) is 17.4 Å². The van der Waals surface area contributed by atoms with Crippen LogP contribution in [0.5, 0.6) is 0 Å². The molecule has 172 valence electrons. The molecule has 0 aliphatic heterocycles. The molecule has 0 amide bonds. The number of unbranched alkanes of at least 4 members (excludes halogenated alkanes) is 12. The highest BCUT2D eigenvalue weighted by Gasteiger charge is 2.20. The molecule has 0 rings (SSSR count). The van der Waals surface area contributed by atoms with Gasteiger partial charge in [-0.1, -0.05) is 97.1 Å². The zero-order chi connectivity index (χ0) is 21.6. The van der Waals surface area contributed by atoms with Gasteiger partial charge in [-0.3, -0.25) is 4.79 Å². The summed E-state index contributed by atoms with van der Waals surface area (Å²) in [7, 11) is 0. The monoisotopic (exact) mass is 410 g/mol. The summed E-state index contributed by atoms with van der Waals surface area (Å²) in [6.45, 7) is 6.44. The Balaban J connectivity index is 3.49. The van der Waals surface area contributed by atoms with Crippen LogP contribution in [0.15, 0.2) is 12.2 Å². The molecule has 1 N–H and O–H groups in total. The fourth-order valence-electron chi connectivity index (χ4n) is 3.64. The number of hydrogen-bond acceptors (Lipinski definition) is 3. The van der Waals surface area contributed by atoms with Crippen LogP contribution in [0.25, 0.3) is 0 Å². The average Bonchev–Trinajstić information content (AvgIpc) is 2.71. The summed E-state index contributed by atoms with van der Waals surface area (Å²) in [5, 5.41) is 10.1. The van der Waals surface area contributed by atoms with Gasteiger partial charge in [0.25, 0.3) is 0 Å². The molecular formula is C26H50O3. The van der Waals surface area contributed by atoms with Crippen molar-refractivity contribution in [2.75, 3.05) is 0 Å². The van der Waals surface area contributed by atoms with E-state index in [0.29, 0.717) is 6.42 Å². The summed E-state index contributed by atoms with van der Waals surface area (Å²) >= 11 is 0. The quantitative estimate of drug-likeness (QED) is 0.0899. The van der Waals surface area contributed by atoms with Crippen molar-refractivity contribution in [1.29, 1.82) is 0 Å². The summed E-state index contributed by atoms with van der Waals surface area (Å²) in [6.07, 6.45) is 24.4. The Kier molecular flexibility index (Phi) is 21.2. The fraction of sp³-hybridized carbons (Fsp3) is 0.885. The third-order valence-electron chi connectivity index (χ3n) is 5.75. The van der Waals surface area contributed by atoms with Gasteiger partial charge in [0, 0.05) is 12.3 Å². The topological polar surface area (TPSA) is 46.5 Å². The summed E-state index contributed by atoms with van der Waals surface area (Å²) in [4.78, 5) is 11.9. The highest BCUT2D eigenvalue weighted by molar-refractivity contribution is 5.69. The van der Waals surface area contributed by atoms with Gasteiger partial charge in [-0.05, 0) is 44.9 Å². The first-order valence-electron chi connectivity index (χ1n) is 12.7. The standard InChI is InChI=1S/C26H50O3/c1-4-7-9-10-11-12-13-14-15-16-17-18-19-20-21-23-25(27)29-26(28)24(6-3)22-8-5-2/h14-15,24,26,28H,4-13,16-23H2,1-3H3/b15-14-. The second-order valence-corrected chi connectivity index (χ2v) is 8.53. The molecule has 0 bridgehead atoms. The van der Waals surface area contributed by atoms with Gasteiger partial charge >= 0.3 is 5.97 Å². The number of rotatable bonds is 21. The predicted octanol–water partition coefficient (Wildman–Crippen LogP) is 8.10. The second kappa shape index (κ2) is 21.9. The van der Waals surface area contributed by atoms with E-state index in [9.17, 15) is 9.90 Å². The Bertz CT molecular complexity index is 378. The van der Waals surface area contributed by atoms with E-state index < -0.39 is 6.29 Å². The molecule has 0 aliphatic rings. The number of aliphatic hydroxyl groups excluding tert-OH is 1. The number of allylic oxidation sites excluding steroid dienone is 2. The van der Waals surface area contributed by atoms with Gasteiger partial charge < -0.3 is 9.84 Å². The summed E-state index contributed by atoms with van der Waals surface area (Å²) < 4.78 is 5.23. The molecule has 3 nitrogen and oxygen atoms in total. The van der Waals surface area contributed by atoms with E-state index in [4.69, 9.17) is 4.74 Å². The first-order chi connectivity index (χ1) is 14.2. The maximum Gasteiger partial charge on any atom is 0.308 e. The first-order valence-corrected chi connectivity index (χ1v) is 12.7. The molecule has 0 saturated heterocycles. The van der Waals surface area contributed by atoms with Gasteiger partial charge in [0.1, 0.15) is 0 Å². The fourth-order valence-corrected chi connectivity index (χ4v) is 3.64. The van der Waals surface area contributed by atoms with E-state index >= 15 is 0 Å². The van der Waals surface area contributed by atoms with Crippen molar-refractivity contribution in [3.8, 4) is 0 Å². The van der Waals surface area contributed by atoms with Crippen LogP contribution in [-0.2, 0) is 9.53 Å². The lowest BCUT2D eigenvalue weighted by molar-refractivity contribution is -0.178. The molecule has 0 fully saturated rings. The van der Waals surface area contributed by atoms with E-state index in [2.05, 4.69) is 26.0 Å². The minimum atomic E-state index is -0.929. The van der Waals surface area contributed by atoms with Gasteiger partial charge in [0.15, 0.2) is 0 Å². The molecule has 0 aromatic carbocycles. The molecule has 2 atom stereocenters. The molecule has 0 radical (unpaired) electrons. The molecular weight excluding hydrogens is 360 g/mol. The Morgan fingerprint density at radius 3 is 1.83 bits per heavy atom. The van der Waals surface area contributed by atoms with E-state index in [1.165, 1.54) is 70.6 Å². The van der Waals surface area contributed by atoms with Gasteiger partial charge in [-0.15, -0.1) is 0 Å². The molecule has 0 heterocycles. The van der Waals surface area contributed by atoms with Gasteiger partial charge in [-0.25, -0.2) is 0 Å². The molecule has 29 heavy (non-hydrogen) atoms. The van der Waals surface area contributed by atoms with Crippen LogP contribution in [0.4, 0.5) is 0 Å². The zero-order valence-corrected chi connectivity index (χ0v) is 19.8. The van der Waals surface area contributed by atoms with E-state index in [-0.39, 0.29) is 11.9 Å². The summed E-state index contributed by atoms with van der Waals surface area (Å²) in [5.41, 5.74) is 0. The lowest BCUT2D eigenvalue weighted by atomic mass is 9.99. The number of ether oxygens (including phenoxy) is 1. The SMILES string of the molecule is CCCCCCCC/C=C\CCCCCCCC(=O)OC(O)C(CC)CCCC. The smallest absolute Gasteiger partial charge is 0.308 e. The third-order valence-corrected chi connectivity index (χ3v) is 5.75. The van der Waals surface area contributed by atoms with Crippen molar-refractivity contribution in [3.63, 3.8) is 0 Å². The van der Waals surface area contributed by atoms with Crippen LogP contribution in [0.1, 0.15) is 136 Å². The molecule has 2 unspecified atom stereocenters. The third kappa shape index (κ3) is 18.9. The number of carbonyl (C=O) groups excluding carboxylic acids is 1. The van der Waals surface area contributed by atoms with Gasteiger partial charge in [-0.2, -0.15) is 0 Å². The average molecular weight is 411 g/mol. The van der Waals surface area contributed by atoms with Crippen molar-refractivity contribution in [2.24, 2.45) is 5.92 Å². The highest BCUT2D eigenvalue weighted by atomic mass is 16.6. The van der Waals surface area contributed by atoms with Crippen LogP contribution in [0, 0.1) is 5.92 Å². The largest absolute Gasteiger partial charge is 0.436 e. The minimum absolute atomic E-state index is 0.0769. The molecule has 0 saturated carbocycles. The Labute approximate surface area is 181 Å². The Hall–Kier alpha value is -0.830. The van der Waals surface area contributed by atoms with Crippen molar-refractivity contribution >= 4 is 5.97 Å². The number of carbonyl (C=O) groups is 1. The first kappa shape index (κ1) is 28.2. The van der Waals surface area contributed by atoms with Crippen molar-refractivity contribution in [3.05, 3.63) is 12.2 Å². The van der Waals surface area contributed by atoms with Crippen LogP contribution < -0.4 is 0 Å². The normalized spacial score (nSPS) is 13.7. The summed E-state index contributed by atoms with van der Waals surface area (Å²) in [6, 6.07) is 0. The predicted molar refractivity (Wildman–Crippen MR) is 125 cm³/mol. The molecule has 3 heteroatoms. The number of esters is 1. The maximum atomic E-state index is 11.9. The molecule has 0 spiro atoms. The van der Waals surface area contributed by atoms with Gasteiger partial charge in [0.2, 0.25) is 6.29 Å². The molecule has 0 aromatic heterocycles. The van der Waals surface area contributed by atoms with Crippen LogP contribution in [0.3, 0.4) is 0 Å². The van der Waals surface area contributed by atoms with E-state index in [0.717, 1.165) is 38.5 Å². The highest BCUT2D eigenvalue weighted by Crippen LogP contribution is 2.19. The number of hydrogen-bond donors (Lipinski definition) is 1. The number of aliphatic hydroxyl groups is 1. The van der Waals surface area contributed by atoms with Crippen molar-refractivity contribution in [2.45, 2.75) is 143 Å². The van der Waals surface area contributed by atoms with E-state index in [1.54, 1.807) is 0 Å². The van der Waals surface area contributed by atoms with Crippen molar-refractivity contribution < 1.29 is 14.6 Å². The molecule has 0 aromatic rings. The van der Waals surface area contributed by atoms with Gasteiger partial charge in [0.05, 0.1) is 0 Å². The molecule has 0 aliphatic carbocycles. The van der Waals surface area contributed by atoms with Crippen molar-refractivity contribution in [1.82, 2.24) is 0 Å². The van der Waals surface area contributed by atoms with Crippen LogP contribution >= 0.6 is 0 Å². The van der Waals surface area contributed by atoms with Crippen LogP contribution in [0.2, 0.25) is 0 Å².